The first-order valence-corrected chi connectivity index (χ1v) is 19.7. The third-order valence-electron chi connectivity index (χ3n) is 9.01. The number of esters is 1. The average molecular weight is 621 g/mol. The minimum Gasteiger partial charge on any atom is -0.479 e. The standard InChI is InChI=1S/C40H76O4/c1-3-5-7-9-11-13-15-17-18-19-20-21-22-23-24-25-27-29-31-33-35-37-39(41)44-38(40(42)43)36-34-32-30-28-26-16-14-12-10-8-6-4-2/h17-18,38H,3-16,19-37H2,1-2H3,(H,42,43)/b18-17-. The van der Waals surface area contributed by atoms with E-state index in [1.165, 1.54) is 161 Å². The molecule has 0 rings (SSSR count). The van der Waals surface area contributed by atoms with E-state index in [1.807, 2.05) is 0 Å². The number of carbonyl (C=O) groups is 2. The number of carbonyl (C=O) groups excluding carboxylic acids is 1. The Labute approximate surface area is 275 Å². The molecule has 1 unspecified atom stereocenters. The summed E-state index contributed by atoms with van der Waals surface area (Å²) in [5.74, 6) is -1.35. The van der Waals surface area contributed by atoms with Crippen LogP contribution in [0, 0.1) is 0 Å². The van der Waals surface area contributed by atoms with Gasteiger partial charge in [-0.15, -0.1) is 0 Å². The van der Waals surface area contributed by atoms with Crippen molar-refractivity contribution >= 4 is 11.9 Å². The Hall–Kier alpha value is -1.32. The number of ether oxygens (including phenoxy) is 1. The van der Waals surface area contributed by atoms with Gasteiger partial charge in [0.05, 0.1) is 0 Å². The second-order valence-corrected chi connectivity index (χ2v) is 13.5. The van der Waals surface area contributed by atoms with E-state index in [0.717, 1.165) is 38.5 Å². The topological polar surface area (TPSA) is 63.6 Å². The molecule has 0 saturated heterocycles. The third kappa shape index (κ3) is 33.6. The summed E-state index contributed by atoms with van der Waals surface area (Å²) in [5, 5.41) is 9.47. The highest BCUT2D eigenvalue weighted by molar-refractivity contribution is 5.77. The minimum atomic E-state index is -1.00. The maximum atomic E-state index is 12.2. The SMILES string of the molecule is CCCCCCCC/C=C\CCCCCCCCCCCCCC(=O)OC(CCCCCCCCCCCCCC)C(=O)O. The zero-order chi connectivity index (χ0) is 32.2. The van der Waals surface area contributed by atoms with Crippen LogP contribution in [0.4, 0.5) is 0 Å². The highest BCUT2D eigenvalue weighted by Crippen LogP contribution is 2.16. The van der Waals surface area contributed by atoms with Crippen LogP contribution in [0.25, 0.3) is 0 Å². The Balaban J connectivity index is 3.49. The zero-order valence-corrected chi connectivity index (χ0v) is 29.7. The summed E-state index contributed by atoms with van der Waals surface area (Å²) >= 11 is 0. The summed E-state index contributed by atoms with van der Waals surface area (Å²) < 4.78 is 5.31. The number of hydrogen-bond donors (Lipinski definition) is 1. The Morgan fingerprint density at radius 3 is 1.16 bits per heavy atom. The summed E-state index contributed by atoms with van der Waals surface area (Å²) in [4.78, 5) is 23.7. The average Bonchev–Trinajstić information content (AvgIpc) is 3.01. The molecule has 0 amide bonds. The van der Waals surface area contributed by atoms with Gasteiger partial charge in [-0.1, -0.05) is 187 Å². The number of carboxylic acids is 1. The lowest BCUT2D eigenvalue weighted by Gasteiger charge is -2.13. The second-order valence-electron chi connectivity index (χ2n) is 13.5. The molecule has 0 aromatic rings. The molecule has 0 heterocycles. The van der Waals surface area contributed by atoms with Gasteiger partial charge in [-0.25, -0.2) is 4.79 Å². The van der Waals surface area contributed by atoms with E-state index in [4.69, 9.17) is 4.74 Å². The normalized spacial score (nSPS) is 12.2. The van der Waals surface area contributed by atoms with Crippen LogP contribution in [0.15, 0.2) is 12.2 Å². The molecule has 1 atom stereocenters. The highest BCUT2D eigenvalue weighted by atomic mass is 16.6. The van der Waals surface area contributed by atoms with Gasteiger partial charge in [0.25, 0.3) is 0 Å². The molecule has 260 valence electrons. The van der Waals surface area contributed by atoms with Gasteiger partial charge >= 0.3 is 11.9 Å². The number of hydrogen-bond acceptors (Lipinski definition) is 3. The van der Waals surface area contributed by atoms with Crippen LogP contribution >= 0.6 is 0 Å². The molecule has 4 heteroatoms. The van der Waals surface area contributed by atoms with Gasteiger partial charge in [0.2, 0.25) is 0 Å². The quantitative estimate of drug-likeness (QED) is 0.0430. The van der Waals surface area contributed by atoms with E-state index >= 15 is 0 Å². The second kappa shape index (κ2) is 36.2. The predicted molar refractivity (Wildman–Crippen MR) is 190 cm³/mol. The van der Waals surface area contributed by atoms with Gasteiger partial charge in [-0.05, 0) is 44.9 Å². The number of aliphatic carboxylic acids is 1. The van der Waals surface area contributed by atoms with Crippen molar-refractivity contribution in [1.82, 2.24) is 0 Å². The molecule has 0 aliphatic heterocycles. The van der Waals surface area contributed by atoms with Crippen molar-refractivity contribution in [3.63, 3.8) is 0 Å². The van der Waals surface area contributed by atoms with E-state index in [-0.39, 0.29) is 5.97 Å². The van der Waals surface area contributed by atoms with Gasteiger partial charge in [0.1, 0.15) is 0 Å². The number of unbranched alkanes of at least 4 members (excludes halogenated alkanes) is 28. The largest absolute Gasteiger partial charge is 0.479 e. The Morgan fingerprint density at radius 2 is 0.795 bits per heavy atom. The van der Waals surface area contributed by atoms with Gasteiger partial charge in [-0.2, -0.15) is 0 Å². The summed E-state index contributed by atoms with van der Waals surface area (Å²) in [7, 11) is 0. The molecule has 0 aromatic heterocycles. The molecule has 4 nitrogen and oxygen atoms in total. The number of allylic oxidation sites excluding steroid dienone is 2. The predicted octanol–water partition coefficient (Wildman–Crippen LogP) is 13.5. The Morgan fingerprint density at radius 1 is 0.477 bits per heavy atom. The van der Waals surface area contributed by atoms with Crippen LogP contribution < -0.4 is 0 Å². The van der Waals surface area contributed by atoms with Crippen LogP contribution in [0.2, 0.25) is 0 Å². The van der Waals surface area contributed by atoms with Crippen LogP contribution in [0.5, 0.6) is 0 Å². The monoisotopic (exact) mass is 621 g/mol. The first-order chi connectivity index (χ1) is 21.6. The van der Waals surface area contributed by atoms with Crippen molar-refractivity contribution in [2.75, 3.05) is 0 Å². The molecule has 0 aliphatic carbocycles. The van der Waals surface area contributed by atoms with Crippen molar-refractivity contribution in [3.8, 4) is 0 Å². The molecule has 0 radical (unpaired) electrons. The molecule has 0 saturated carbocycles. The third-order valence-corrected chi connectivity index (χ3v) is 9.01. The summed E-state index contributed by atoms with van der Waals surface area (Å²) in [6.07, 6.45) is 44.0. The first kappa shape index (κ1) is 42.7. The van der Waals surface area contributed by atoms with Gasteiger partial charge < -0.3 is 9.84 Å². The van der Waals surface area contributed by atoms with E-state index in [1.54, 1.807) is 0 Å². The van der Waals surface area contributed by atoms with E-state index < -0.39 is 12.1 Å². The first-order valence-electron chi connectivity index (χ1n) is 19.7. The zero-order valence-electron chi connectivity index (χ0n) is 29.7. The number of rotatable bonds is 36. The van der Waals surface area contributed by atoms with E-state index in [2.05, 4.69) is 26.0 Å². The molecular formula is C40H76O4. The minimum absolute atomic E-state index is 0.343. The van der Waals surface area contributed by atoms with Crippen molar-refractivity contribution in [2.24, 2.45) is 0 Å². The maximum absolute atomic E-state index is 12.2. The van der Waals surface area contributed by atoms with Gasteiger partial charge in [0.15, 0.2) is 6.10 Å². The van der Waals surface area contributed by atoms with E-state index in [9.17, 15) is 14.7 Å². The molecule has 0 fully saturated rings. The van der Waals surface area contributed by atoms with Crippen LogP contribution in [0.3, 0.4) is 0 Å². The smallest absolute Gasteiger partial charge is 0.345 e. The fourth-order valence-corrected chi connectivity index (χ4v) is 6.02. The molecule has 0 aliphatic rings. The molecular weight excluding hydrogens is 544 g/mol. The summed E-state index contributed by atoms with van der Waals surface area (Å²) in [5.41, 5.74) is 0. The van der Waals surface area contributed by atoms with Crippen molar-refractivity contribution in [3.05, 3.63) is 12.2 Å². The molecule has 0 aromatic carbocycles. The molecule has 0 bridgehead atoms. The Bertz CT molecular complexity index is 629. The van der Waals surface area contributed by atoms with Gasteiger partial charge in [-0.3, -0.25) is 4.79 Å². The number of carboxylic acid groups (broad SMARTS) is 1. The van der Waals surface area contributed by atoms with Crippen LogP contribution in [0.1, 0.15) is 226 Å². The van der Waals surface area contributed by atoms with Crippen molar-refractivity contribution in [1.29, 1.82) is 0 Å². The molecule has 44 heavy (non-hydrogen) atoms. The van der Waals surface area contributed by atoms with E-state index in [0.29, 0.717) is 12.8 Å². The lowest BCUT2D eigenvalue weighted by molar-refractivity contribution is -0.164. The lowest BCUT2D eigenvalue weighted by Crippen LogP contribution is -2.27. The molecule has 0 spiro atoms. The van der Waals surface area contributed by atoms with Gasteiger partial charge in [0, 0.05) is 6.42 Å². The molecule has 1 N–H and O–H groups in total. The van der Waals surface area contributed by atoms with Crippen LogP contribution in [-0.4, -0.2) is 23.1 Å². The fraction of sp³-hybridized carbons (Fsp3) is 0.900. The van der Waals surface area contributed by atoms with Crippen LogP contribution in [-0.2, 0) is 14.3 Å². The van der Waals surface area contributed by atoms with Crippen molar-refractivity contribution in [2.45, 2.75) is 232 Å². The fourth-order valence-electron chi connectivity index (χ4n) is 6.02. The highest BCUT2D eigenvalue weighted by Gasteiger charge is 2.21. The summed E-state index contributed by atoms with van der Waals surface area (Å²) in [6, 6.07) is 0. The van der Waals surface area contributed by atoms with Crippen molar-refractivity contribution < 1.29 is 19.4 Å². The summed E-state index contributed by atoms with van der Waals surface area (Å²) in [6.45, 7) is 4.53. The maximum Gasteiger partial charge on any atom is 0.345 e. The Kier molecular flexibility index (Phi) is 35.1. The lowest BCUT2D eigenvalue weighted by atomic mass is 10.0.